The molecule has 26 heavy (non-hydrogen) atoms. The average molecular weight is 357 g/mol. The quantitative estimate of drug-likeness (QED) is 0.785. The summed E-state index contributed by atoms with van der Waals surface area (Å²) in [5, 5.41) is 9.95. The van der Waals surface area contributed by atoms with Gasteiger partial charge in [-0.15, -0.1) is 0 Å². The molecule has 0 saturated carbocycles. The molecular formula is C21H27NO4. The van der Waals surface area contributed by atoms with Crippen LogP contribution in [0.1, 0.15) is 30.2 Å². The zero-order chi connectivity index (χ0) is 18.2. The maximum atomic E-state index is 9.95. The van der Waals surface area contributed by atoms with Crippen molar-refractivity contribution in [2.75, 3.05) is 26.4 Å². The lowest BCUT2D eigenvalue weighted by Crippen LogP contribution is -2.33. The minimum Gasteiger partial charge on any atom is -0.508 e. The number of hydrogen-bond acceptors (Lipinski definition) is 5. The van der Waals surface area contributed by atoms with Crippen LogP contribution in [-0.4, -0.2) is 42.6 Å². The van der Waals surface area contributed by atoms with Crippen molar-refractivity contribution < 1.29 is 19.3 Å². The van der Waals surface area contributed by atoms with E-state index in [-0.39, 0.29) is 11.9 Å². The average Bonchev–Trinajstić information content (AvgIpc) is 2.67. The Kier molecular flexibility index (Phi) is 6.86. The first-order valence-corrected chi connectivity index (χ1v) is 9.33. The molecule has 2 aromatic rings. The number of aromatic hydroxyl groups is 1. The molecule has 1 atom stereocenters. The highest BCUT2D eigenvalue weighted by Crippen LogP contribution is 2.20. The number of benzene rings is 1. The first kappa shape index (κ1) is 18.7. The normalized spacial score (nSPS) is 17.2. The summed E-state index contributed by atoms with van der Waals surface area (Å²) in [6.07, 6.45) is 3.82. The van der Waals surface area contributed by atoms with Crippen LogP contribution >= 0.6 is 0 Å². The van der Waals surface area contributed by atoms with Gasteiger partial charge in [-0.05, 0) is 30.4 Å². The van der Waals surface area contributed by atoms with Crippen molar-refractivity contribution in [2.24, 2.45) is 0 Å². The lowest BCUT2D eigenvalue weighted by atomic mass is 10.0. The van der Waals surface area contributed by atoms with Gasteiger partial charge in [-0.2, -0.15) is 0 Å². The Hall–Kier alpha value is -2.11. The Labute approximate surface area is 154 Å². The predicted octanol–water partition coefficient (Wildman–Crippen LogP) is 3.32. The third-order valence-electron chi connectivity index (χ3n) is 4.37. The highest BCUT2D eigenvalue weighted by molar-refractivity contribution is 5.30. The third kappa shape index (κ3) is 5.71. The van der Waals surface area contributed by atoms with Crippen molar-refractivity contribution in [1.82, 2.24) is 4.98 Å². The summed E-state index contributed by atoms with van der Waals surface area (Å²) in [7, 11) is 0. The van der Waals surface area contributed by atoms with Crippen LogP contribution in [0.4, 0.5) is 0 Å². The van der Waals surface area contributed by atoms with Crippen LogP contribution in [0.15, 0.2) is 36.4 Å². The molecule has 5 heteroatoms. The van der Waals surface area contributed by atoms with E-state index < -0.39 is 0 Å². The van der Waals surface area contributed by atoms with Gasteiger partial charge in [0.1, 0.15) is 18.5 Å². The fourth-order valence-electron chi connectivity index (χ4n) is 2.99. The summed E-state index contributed by atoms with van der Waals surface area (Å²) in [6, 6.07) is 12.0. The standard InChI is InChI=1S/C21H27NO4/c1-2-3-16-4-6-17(7-5-16)8-9-18-12-19(23)13-21(22-18)26-15-20-14-24-10-11-25-20/h4-7,12-13,20H,2-3,8-11,14-15H2,1H3,(H,22,23). The molecule has 3 rings (SSSR count). The number of ether oxygens (including phenoxy) is 3. The van der Waals surface area contributed by atoms with Gasteiger partial charge in [0.2, 0.25) is 5.88 Å². The molecule has 2 heterocycles. The van der Waals surface area contributed by atoms with Crippen LogP contribution in [0.25, 0.3) is 0 Å². The molecule has 1 saturated heterocycles. The van der Waals surface area contributed by atoms with Gasteiger partial charge in [0.25, 0.3) is 0 Å². The zero-order valence-electron chi connectivity index (χ0n) is 15.3. The van der Waals surface area contributed by atoms with Crippen molar-refractivity contribution in [2.45, 2.75) is 38.7 Å². The molecule has 5 nitrogen and oxygen atoms in total. The first-order valence-electron chi connectivity index (χ1n) is 9.33. The van der Waals surface area contributed by atoms with E-state index in [0.717, 1.165) is 31.4 Å². The molecular weight excluding hydrogens is 330 g/mol. The Morgan fingerprint density at radius 3 is 2.54 bits per heavy atom. The molecule has 0 aliphatic carbocycles. The third-order valence-corrected chi connectivity index (χ3v) is 4.37. The second-order valence-electron chi connectivity index (χ2n) is 6.60. The highest BCUT2D eigenvalue weighted by atomic mass is 16.6. The SMILES string of the molecule is CCCc1ccc(CCc2cc(O)cc(OCC3COCCO3)n2)cc1. The Morgan fingerprint density at radius 2 is 1.85 bits per heavy atom. The number of aryl methyl sites for hydroxylation is 3. The summed E-state index contributed by atoms with van der Waals surface area (Å²) < 4.78 is 16.6. The summed E-state index contributed by atoms with van der Waals surface area (Å²) in [4.78, 5) is 4.50. The summed E-state index contributed by atoms with van der Waals surface area (Å²) in [5.74, 6) is 0.594. The minimum absolute atomic E-state index is 0.0852. The fourth-order valence-corrected chi connectivity index (χ4v) is 2.99. The lowest BCUT2D eigenvalue weighted by Gasteiger charge is -2.22. The van der Waals surface area contributed by atoms with Gasteiger partial charge in [-0.1, -0.05) is 37.6 Å². The second-order valence-corrected chi connectivity index (χ2v) is 6.60. The van der Waals surface area contributed by atoms with E-state index in [4.69, 9.17) is 14.2 Å². The Bertz CT molecular complexity index is 681. The van der Waals surface area contributed by atoms with E-state index in [9.17, 15) is 5.11 Å². The summed E-state index contributed by atoms with van der Waals surface area (Å²) >= 11 is 0. The van der Waals surface area contributed by atoms with E-state index in [1.54, 1.807) is 6.07 Å². The minimum atomic E-state index is -0.0852. The number of rotatable bonds is 8. The molecule has 140 valence electrons. The van der Waals surface area contributed by atoms with Gasteiger partial charge in [0.15, 0.2) is 0 Å². The second kappa shape index (κ2) is 9.55. The molecule has 1 fully saturated rings. The van der Waals surface area contributed by atoms with Gasteiger partial charge < -0.3 is 19.3 Å². The van der Waals surface area contributed by atoms with Crippen molar-refractivity contribution >= 4 is 0 Å². The van der Waals surface area contributed by atoms with E-state index in [2.05, 4.69) is 36.2 Å². The lowest BCUT2D eigenvalue weighted by molar-refractivity contribution is -0.102. The van der Waals surface area contributed by atoms with E-state index in [1.165, 1.54) is 17.2 Å². The maximum absolute atomic E-state index is 9.95. The van der Waals surface area contributed by atoms with Crippen LogP contribution in [-0.2, 0) is 28.7 Å². The molecule has 0 spiro atoms. The van der Waals surface area contributed by atoms with Crippen molar-refractivity contribution in [1.29, 1.82) is 0 Å². The molecule has 1 aliphatic rings. The zero-order valence-corrected chi connectivity index (χ0v) is 15.3. The van der Waals surface area contributed by atoms with Gasteiger partial charge in [0, 0.05) is 17.8 Å². The molecule has 1 aliphatic heterocycles. The van der Waals surface area contributed by atoms with Crippen LogP contribution in [0.3, 0.4) is 0 Å². The van der Waals surface area contributed by atoms with Crippen LogP contribution in [0.5, 0.6) is 11.6 Å². The monoisotopic (exact) mass is 357 g/mol. The Morgan fingerprint density at radius 1 is 1.08 bits per heavy atom. The largest absolute Gasteiger partial charge is 0.508 e. The van der Waals surface area contributed by atoms with E-state index >= 15 is 0 Å². The van der Waals surface area contributed by atoms with Gasteiger partial charge >= 0.3 is 0 Å². The molecule has 1 unspecified atom stereocenters. The summed E-state index contributed by atoms with van der Waals surface area (Å²) in [5.41, 5.74) is 3.46. The molecule has 1 aromatic carbocycles. The first-order chi connectivity index (χ1) is 12.7. The van der Waals surface area contributed by atoms with E-state index in [1.807, 2.05) is 0 Å². The molecule has 0 radical (unpaired) electrons. The predicted molar refractivity (Wildman–Crippen MR) is 99.8 cm³/mol. The van der Waals surface area contributed by atoms with Crippen molar-refractivity contribution in [3.8, 4) is 11.6 Å². The van der Waals surface area contributed by atoms with E-state index in [0.29, 0.717) is 32.3 Å². The molecule has 1 N–H and O–H groups in total. The fraction of sp³-hybridized carbons (Fsp3) is 0.476. The van der Waals surface area contributed by atoms with Crippen LogP contribution in [0.2, 0.25) is 0 Å². The van der Waals surface area contributed by atoms with Gasteiger partial charge in [0.05, 0.1) is 19.8 Å². The van der Waals surface area contributed by atoms with Crippen LogP contribution in [0, 0.1) is 0 Å². The Balaban J connectivity index is 1.54. The number of aromatic nitrogens is 1. The van der Waals surface area contributed by atoms with Crippen molar-refractivity contribution in [3.05, 3.63) is 53.2 Å². The van der Waals surface area contributed by atoms with Gasteiger partial charge in [-0.25, -0.2) is 4.98 Å². The maximum Gasteiger partial charge on any atom is 0.217 e. The highest BCUT2D eigenvalue weighted by Gasteiger charge is 2.15. The number of nitrogens with zero attached hydrogens (tertiary/aromatic N) is 1. The smallest absolute Gasteiger partial charge is 0.217 e. The number of pyridine rings is 1. The molecule has 1 aromatic heterocycles. The topological polar surface area (TPSA) is 60.8 Å². The molecule has 0 amide bonds. The van der Waals surface area contributed by atoms with Crippen molar-refractivity contribution in [3.63, 3.8) is 0 Å². The van der Waals surface area contributed by atoms with Crippen LogP contribution < -0.4 is 4.74 Å². The molecule has 0 bridgehead atoms. The summed E-state index contributed by atoms with van der Waals surface area (Å²) in [6.45, 7) is 4.30. The van der Waals surface area contributed by atoms with Gasteiger partial charge in [-0.3, -0.25) is 0 Å². The number of hydrogen-bond donors (Lipinski definition) is 1.